The standard InChI is InChI=1S/C18H14ClN3O5S/c1-3-27-17(24)10-4-6-14-15(8-10)28-18(21(14)2)20-16(23)12-9-11(19)5-7-13(12)22(25)26/h4-9H,3H2,1-2H3. The molecule has 3 rings (SSSR count). The van der Waals surface area contributed by atoms with Crippen molar-refractivity contribution in [3.8, 4) is 0 Å². The minimum Gasteiger partial charge on any atom is -0.462 e. The summed E-state index contributed by atoms with van der Waals surface area (Å²) in [4.78, 5) is 39.3. The van der Waals surface area contributed by atoms with Gasteiger partial charge in [-0.2, -0.15) is 4.99 Å². The van der Waals surface area contributed by atoms with E-state index in [1.54, 1.807) is 36.7 Å². The van der Waals surface area contributed by atoms with Gasteiger partial charge in [0.25, 0.3) is 11.6 Å². The normalized spacial score (nSPS) is 11.6. The van der Waals surface area contributed by atoms with Gasteiger partial charge >= 0.3 is 5.97 Å². The molecule has 1 aromatic heterocycles. The van der Waals surface area contributed by atoms with Crippen LogP contribution < -0.4 is 4.80 Å². The topological polar surface area (TPSA) is 104 Å². The summed E-state index contributed by atoms with van der Waals surface area (Å²) in [7, 11) is 1.71. The molecule has 0 spiro atoms. The predicted octanol–water partition coefficient (Wildman–Crippen LogP) is 3.72. The van der Waals surface area contributed by atoms with Crippen molar-refractivity contribution in [2.75, 3.05) is 6.61 Å². The Labute approximate surface area is 167 Å². The summed E-state index contributed by atoms with van der Waals surface area (Å²) in [6.45, 7) is 1.99. The van der Waals surface area contributed by atoms with Crippen molar-refractivity contribution in [2.45, 2.75) is 6.92 Å². The summed E-state index contributed by atoms with van der Waals surface area (Å²) in [5.74, 6) is -1.22. The number of esters is 1. The maximum atomic E-state index is 12.6. The molecule has 28 heavy (non-hydrogen) atoms. The molecule has 1 heterocycles. The lowest BCUT2D eigenvalue weighted by Crippen LogP contribution is -2.14. The van der Waals surface area contributed by atoms with Gasteiger partial charge in [0.2, 0.25) is 0 Å². The minimum absolute atomic E-state index is 0.192. The molecule has 0 bridgehead atoms. The number of carbonyl (C=O) groups is 2. The predicted molar refractivity (Wildman–Crippen MR) is 105 cm³/mol. The number of ether oxygens (including phenoxy) is 1. The second-order valence-electron chi connectivity index (χ2n) is 5.68. The molecule has 0 fully saturated rings. The molecule has 0 saturated heterocycles. The maximum Gasteiger partial charge on any atom is 0.338 e. The third-order valence-corrected chi connectivity index (χ3v) is 5.23. The molecule has 8 nitrogen and oxygen atoms in total. The molecular formula is C18H14ClN3O5S. The van der Waals surface area contributed by atoms with Crippen LogP contribution >= 0.6 is 22.9 Å². The van der Waals surface area contributed by atoms with Gasteiger partial charge in [0.1, 0.15) is 5.56 Å². The fourth-order valence-corrected chi connectivity index (χ4v) is 3.80. The summed E-state index contributed by atoms with van der Waals surface area (Å²) in [5, 5.41) is 11.4. The highest BCUT2D eigenvalue weighted by Gasteiger charge is 2.20. The first-order chi connectivity index (χ1) is 13.3. The molecule has 1 amide bonds. The van der Waals surface area contributed by atoms with Gasteiger partial charge in [-0.15, -0.1) is 0 Å². The van der Waals surface area contributed by atoms with Gasteiger partial charge in [-0.25, -0.2) is 4.79 Å². The van der Waals surface area contributed by atoms with E-state index >= 15 is 0 Å². The van der Waals surface area contributed by atoms with Crippen LogP contribution in [-0.4, -0.2) is 28.0 Å². The van der Waals surface area contributed by atoms with E-state index in [0.717, 1.165) is 10.2 Å². The number of benzene rings is 2. The Morgan fingerprint density at radius 3 is 2.71 bits per heavy atom. The number of amides is 1. The molecule has 3 aromatic rings. The number of aryl methyl sites for hydroxylation is 1. The zero-order chi connectivity index (χ0) is 20.4. The Bertz CT molecular complexity index is 1180. The molecule has 0 atom stereocenters. The first-order valence-electron chi connectivity index (χ1n) is 8.11. The summed E-state index contributed by atoms with van der Waals surface area (Å²) < 4.78 is 7.38. The van der Waals surface area contributed by atoms with Gasteiger partial charge in [0.15, 0.2) is 4.80 Å². The second kappa shape index (κ2) is 7.91. The average molecular weight is 420 g/mol. The van der Waals surface area contributed by atoms with E-state index in [9.17, 15) is 19.7 Å². The van der Waals surface area contributed by atoms with E-state index in [1.165, 1.54) is 29.5 Å². The van der Waals surface area contributed by atoms with Gasteiger partial charge in [-0.3, -0.25) is 14.9 Å². The van der Waals surface area contributed by atoms with Crippen molar-refractivity contribution in [3.63, 3.8) is 0 Å². The molecule has 2 aromatic carbocycles. The first kappa shape index (κ1) is 19.7. The highest BCUT2D eigenvalue weighted by atomic mass is 35.5. The minimum atomic E-state index is -0.776. The fourth-order valence-electron chi connectivity index (χ4n) is 2.57. The zero-order valence-electron chi connectivity index (χ0n) is 14.8. The van der Waals surface area contributed by atoms with Crippen LogP contribution in [-0.2, 0) is 11.8 Å². The summed E-state index contributed by atoms with van der Waals surface area (Å²) in [6, 6.07) is 8.74. The highest BCUT2D eigenvalue weighted by Crippen LogP contribution is 2.24. The molecular weight excluding hydrogens is 406 g/mol. The lowest BCUT2D eigenvalue weighted by molar-refractivity contribution is -0.385. The van der Waals surface area contributed by atoms with Crippen LogP contribution in [0.15, 0.2) is 41.4 Å². The Morgan fingerprint density at radius 1 is 1.29 bits per heavy atom. The van der Waals surface area contributed by atoms with Crippen LogP contribution in [0.1, 0.15) is 27.6 Å². The van der Waals surface area contributed by atoms with Crippen molar-refractivity contribution in [1.29, 1.82) is 0 Å². The summed E-state index contributed by atoms with van der Waals surface area (Å²) in [5.41, 5.74) is 0.582. The Hall–Kier alpha value is -3.04. The number of nitro groups is 1. The molecule has 0 radical (unpaired) electrons. The van der Waals surface area contributed by atoms with E-state index in [-0.39, 0.29) is 22.9 Å². The van der Waals surface area contributed by atoms with Crippen LogP contribution in [0.25, 0.3) is 10.2 Å². The molecule has 10 heteroatoms. The number of carbonyl (C=O) groups excluding carboxylic acids is 2. The molecule has 144 valence electrons. The van der Waals surface area contributed by atoms with E-state index < -0.39 is 16.8 Å². The van der Waals surface area contributed by atoms with E-state index in [1.807, 2.05) is 0 Å². The average Bonchev–Trinajstić information content (AvgIpc) is 2.96. The van der Waals surface area contributed by atoms with Crippen molar-refractivity contribution in [3.05, 3.63) is 67.5 Å². The first-order valence-corrected chi connectivity index (χ1v) is 9.31. The SMILES string of the molecule is CCOC(=O)c1ccc2c(c1)sc(=NC(=O)c1cc(Cl)ccc1[N+](=O)[O-])n2C. The number of fused-ring (bicyclic) bond motifs is 1. The number of nitrogens with zero attached hydrogens (tertiary/aromatic N) is 3. The quantitative estimate of drug-likeness (QED) is 0.364. The Morgan fingerprint density at radius 2 is 2.04 bits per heavy atom. The van der Waals surface area contributed by atoms with Crippen molar-refractivity contribution in [2.24, 2.45) is 12.0 Å². The van der Waals surface area contributed by atoms with Crippen molar-refractivity contribution < 1.29 is 19.2 Å². The number of hydrogen-bond donors (Lipinski definition) is 0. The van der Waals surface area contributed by atoms with Crippen LogP contribution in [0.5, 0.6) is 0 Å². The van der Waals surface area contributed by atoms with Gasteiger partial charge in [-0.1, -0.05) is 22.9 Å². The fraction of sp³-hybridized carbons (Fsp3) is 0.167. The lowest BCUT2D eigenvalue weighted by Gasteiger charge is -2.01. The highest BCUT2D eigenvalue weighted by molar-refractivity contribution is 7.16. The van der Waals surface area contributed by atoms with Crippen molar-refractivity contribution in [1.82, 2.24) is 4.57 Å². The number of halogens is 1. The number of hydrogen-bond acceptors (Lipinski definition) is 6. The van der Waals surface area contributed by atoms with Gasteiger partial charge in [-0.05, 0) is 37.3 Å². The largest absolute Gasteiger partial charge is 0.462 e. The van der Waals surface area contributed by atoms with Gasteiger partial charge < -0.3 is 9.30 Å². The lowest BCUT2D eigenvalue weighted by atomic mass is 10.2. The van der Waals surface area contributed by atoms with Crippen LogP contribution in [0.3, 0.4) is 0 Å². The molecule has 0 aliphatic heterocycles. The zero-order valence-corrected chi connectivity index (χ0v) is 16.4. The number of aromatic nitrogens is 1. The molecule has 0 aliphatic rings. The van der Waals surface area contributed by atoms with Crippen LogP contribution in [0, 0.1) is 10.1 Å². The molecule has 0 N–H and O–H groups in total. The van der Waals surface area contributed by atoms with Crippen LogP contribution in [0.4, 0.5) is 5.69 Å². The second-order valence-corrected chi connectivity index (χ2v) is 7.13. The maximum absolute atomic E-state index is 12.6. The number of thiazole rings is 1. The van der Waals surface area contributed by atoms with E-state index in [4.69, 9.17) is 16.3 Å². The summed E-state index contributed by atoms with van der Waals surface area (Å²) >= 11 is 7.05. The van der Waals surface area contributed by atoms with Gasteiger partial charge in [0, 0.05) is 18.1 Å². The third kappa shape index (κ3) is 3.80. The smallest absolute Gasteiger partial charge is 0.338 e. The van der Waals surface area contributed by atoms with Crippen LogP contribution in [0.2, 0.25) is 5.02 Å². The Balaban J connectivity index is 2.08. The third-order valence-electron chi connectivity index (χ3n) is 3.90. The molecule has 0 saturated carbocycles. The van der Waals surface area contributed by atoms with Crippen molar-refractivity contribution >= 4 is 50.7 Å². The van der Waals surface area contributed by atoms with E-state index in [0.29, 0.717) is 10.4 Å². The molecule has 0 aliphatic carbocycles. The number of rotatable bonds is 4. The Kier molecular flexibility index (Phi) is 5.57. The summed E-state index contributed by atoms with van der Waals surface area (Å²) in [6.07, 6.45) is 0. The molecule has 0 unspecified atom stereocenters. The number of nitro benzene ring substituents is 1. The monoisotopic (exact) mass is 419 g/mol. The van der Waals surface area contributed by atoms with E-state index in [2.05, 4.69) is 4.99 Å². The van der Waals surface area contributed by atoms with Gasteiger partial charge in [0.05, 0.1) is 27.3 Å².